The molecule has 0 aliphatic heterocycles. The number of carboxylic acids is 1. The monoisotopic (exact) mass is 297 g/mol. The van der Waals surface area contributed by atoms with Gasteiger partial charge in [-0.2, -0.15) is 24.9 Å². The van der Waals surface area contributed by atoms with Crippen LogP contribution >= 0.6 is 11.8 Å². The van der Waals surface area contributed by atoms with Gasteiger partial charge in [-0.3, -0.25) is 4.79 Å². The van der Waals surface area contributed by atoms with Gasteiger partial charge < -0.3 is 14.8 Å². The van der Waals surface area contributed by atoms with Crippen molar-refractivity contribution in [2.24, 2.45) is 0 Å². The number of aromatic carboxylic acids is 1. The number of alkyl halides is 3. The largest absolute Gasteiger partial charge is 0.475 e. The minimum atomic E-state index is -4.87. The molecule has 0 unspecified atom stereocenters. The Morgan fingerprint density at radius 1 is 1.37 bits per heavy atom. The van der Waals surface area contributed by atoms with Gasteiger partial charge in [0.05, 0.1) is 5.75 Å². The maximum Gasteiger partial charge on any atom is 0.471 e. The molecule has 9 heteroatoms. The molecule has 19 heavy (non-hydrogen) atoms. The molecule has 0 bridgehead atoms. The Morgan fingerprint density at radius 3 is 2.58 bits per heavy atom. The molecule has 1 amide bonds. The van der Waals surface area contributed by atoms with Crippen LogP contribution in [-0.4, -0.2) is 35.5 Å². The summed E-state index contributed by atoms with van der Waals surface area (Å²) in [6.07, 6.45) is -4.87. The highest BCUT2D eigenvalue weighted by molar-refractivity contribution is 7.98. The summed E-state index contributed by atoms with van der Waals surface area (Å²) >= 11 is 1.22. The molecule has 0 spiro atoms. The van der Waals surface area contributed by atoms with Crippen molar-refractivity contribution in [2.45, 2.75) is 11.9 Å². The third-order valence-corrected chi connectivity index (χ3v) is 2.89. The molecule has 0 fully saturated rings. The molecule has 1 heterocycles. The van der Waals surface area contributed by atoms with Crippen molar-refractivity contribution in [3.05, 3.63) is 23.7 Å². The zero-order valence-corrected chi connectivity index (χ0v) is 10.3. The lowest BCUT2D eigenvalue weighted by molar-refractivity contribution is -0.173. The lowest BCUT2D eigenvalue weighted by Gasteiger charge is -2.06. The molecule has 1 rings (SSSR count). The molecule has 0 saturated heterocycles. The second-order valence-corrected chi connectivity index (χ2v) is 4.48. The van der Waals surface area contributed by atoms with Crippen molar-refractivity contribution < 1.29 is 32.3 Å². The van der Waals surface area contributed by atoms with E-state index in [1.165, 1.54) is 23.9 Å². The van der Waals surface area contributed by atoms with Crippen molar-refractivity contribution in [2.75, 3.05) is 12.3 Å². The molecule has 1 aromatic heterocycles. The number of hydrogen-bond acceptors (Lipinski definition) is 4. The summed E-state index contributed by atoms with van der Waals surface area (Å²) < 4.78 is 40.4. The predicted molar refractivity (Wildman–Crippen MR) is 60.9 cm³/mol. The molecule has 0 radical (unpaired) electrons. The molecule has 0 aliphatic rings. The Morgan fingerprint density at radius 2 is 2.05 bits per heavy atom. The summed E-state index contributed by atoms with van der Waals surface area (Å²) in [4.78, 5) is 21.0. The number of halogens is 3. The highest BCUT2D eigenvalue weighted by atomic mass is 32.2. The molecule has 1 aromatic rings. The molecule has 0 aromatic carbocycles. The summed E-state index contributed by atoms with van der Waals surface area (Å²) in [7, 11) is 0. The SMILES string of the molecule is O=C(O)c1ccc(CSCCNC(=O)C(F)(F)F)o1. The average Bonchev–Trinajstić information content (AvgIpc) is 2.75. The van der Waals surface area contributed by atoms with E-state index in [-0.39, 0.29) is 18.1 Å². The van der Waals surface area contributed by atoms with E-state index in [4.69, 9.17) is 9.52 Å². The standard InChI is InChI=1S/C10H10F3NO4S/c11-10(12,13)9(17)14-3-4-19-5-6-1-2-7(18-6)8(15)16/h1-2H,3-5H2,(H,14,17)(H,15,16). The molecule has 2 N–H and O–H groups in total. The minimum absolute atomic E-state index is 0.129. The summed E-state index contributed by atoms with van der Waals surface area (Å²) in [5, 5.41) is 10.3. The summed E-state index contributed by atoms with van der Waals surface area (Å²) in [5.74, 6) is -2.38. The van der Waals surface area contributed by atoms with Crippen LogP contribution in [0.15, 0.2) is 16.5 Å². The van der Waals surface area contributed by atoms with E-state index < -0.39 is 18.1 Å². The predicted octanol–water partition coefficient (Wildman–Crippen LogP) is 1.89. The molecular formula is C10H10F3NO4S. The van der Waals surface area contributed by atoms with Gasteiger partial charge in [-0.25, -0.2) is 4.79 Å². The zero-order valence-electron chi connectivity index (χ0n) is 9.49. The number of carboxylic acid groups (broad SMARTS) is 1. The topological polar surface area (TPSA) is 79.5 Å². The van der Waals surface area contributed by atoms with Crippen molar-refractivity contribution >= 4 is 23.6 Å². The lowest BCUT2D eigenvalue weighted by Crippen LogP contribution is -2.37. The Balaban J connectivity index is 2.21. The van der Waals surface area contributed by atoms with Crippen molar-refractivity contribution in [3.63, 3.8) is 0 Å². The molecule has 0 atom stereocenters. The second kappa shape index (κ2) is 6.50. The van der Waals surface area contributed by atoms with E-state index in [2.05, 4.69) is 0 Å². The van der Waals surface area contributed by atoms with Crippen LogP contribution in [0.1, 0.15) is 16.3 Å². The van der Waals surface area contributed by atoms with Gasteiger partial charge in [0, 0.05) is 12.3 Å². The van der Waals surface area contributed by atoms with Gasteiger partial charge in [-0.05, 0) is 12.1 Å². The van der Waals surface area contributed by atoms with Gasteiger partial charge in [0.25, 0.3) is 0 Å². The van der Waals surface area contributed by atoms with Crippen LogP contribution in [0.4, 0.5) is 13.2 Å². The Labute approximate surface area is 110 Å². The van der Waals surface area contributed by atoms with E-state index in [1.807, 2.05) is 0 Å². The first-order valence-corrected chi connectivity index (χ1v) is 6.21. The van der Waals surface area contributed by atoms with Crippen LogP contribution in [0.25, 0.3) is 0 Å². The molecular weight excluding hydrogens is 287 g/mol. The van der Waals surface area contributed by atoms with Crippen LogP contribution in [0.5, 0.6) is 0 Å². The number of rotatable bonds is 6. The minimum Gasteiger partial charge on any atom is -0.475 e. The van der Waals surface area contributed by atoms with E-state index >= 15 is 0 Å². The number of carbonyl (C=O) groups is 2. The number of carbonyl (C=O) groups excluding carboxylic acids is 1. The van der Waals surface area contributed by atoms with E-state index in [0.717, 1.165) is 0 Å². The summed E-state index contributed by atoms with van der Waals surface area (Å²) in [6.45, 7) is -0.129. The van der Waals surface area contributed by atoms with Gasteiger partial charge in [-0.1, -0.05) is 0 Å². The van der Waals surface area contributed by atoms with Crippen LogP contribution in [0.2, 0.25) is 0 Å². The Bertz CT molecular complexity index is 458. The smallest absolute Gasteiger partial charge is 0.471 e. The lowest BCUT2D eigenvalue weighted by atomic mass is 10.4. The van der Waals surface area contributed by atoms with Gasteiger partial charge in [0.2, 0.25) is 5.76 Å². The zero-order chi connectivity index (χ0) is 14.5. The summed E-state index contributed by atoms with van der Waals surface area (Å²) in [5.41, 5.74) is 0. The number of furan rings is 1. The van der Waals surface area contributed by atoms with E-state index in [1.54, 1.807) is 5.32 Å². The molecule has 5 nitrogen and oxygen atoms in total. The Kier molecular flexibility index (Phi) is 5.28. The van der Waals surface area contributed by atoms with Crippen molar-refractivity contribution in [1.29, 1.82) is 0 Å². The Hall–Kier alpha value is -1.64. The maximum atomic E-state index is 11.8. The normalized spacial score (nSPS) is 11.3. The third-order valence-electron chi connectivity index (χ3n) is 1.91. The first kappa shape index (κ1) is 15.4. The fraction of sp³-hybridized carbons (Fsp3) is 0.400. The van der Waals surface area contributed by atoms with Gasteiger partial charge in [0.15, 0.2) is 0 Å². The fourth-order valence-corrected chi connectivity index (χ4v) is 1.83. The molecule has 106 valence electrons. The number of nitrogens with one attached hydrogen (secondary N) is 1. The second-order valence-electron chi connectivity index (χ2n) is 3.38. The number of amides is 1. The van der Waals surface area contributed by atoms with Gasteiger partial charge in [-0.15, -0.1) is 0 Å². The quantitative estimate of drug-likeness (QED) is 0.784. The highest BCUT2D eigenvalue weighted by Crippen LogP contribution is 2.16. The van der Waals surface area contributed by atoms with Crippen molar-refractivity contribution in [3.8, 4) is 0 Å². The number of thioether (sulfide) groups is 1. The van der Waals surface area contributed by atoms with Crippen LogP contribution in [0, 0.1) is 0 Å². The van der Waals surface area contributed by atoms with Gasteiger partial charge in [0.1, 0.15) is 5.76 Å². The molecule has 0 saturated carbocycles. The van der Waals surface area contributed by atoms with Crippen LogP contribution < -0.4 is 5.32 Å². The number of hydrogen-bond donors (Lipinski definition) is 2. The first-order valence-electron chi connectivity index (χ1n) is 5.05. The third kappa shape index (κ3) is 5.25. The van der Waals surface area contributed by atoms with E-state index in [0.29, 0.717) is 11.5 Å². The first-order chi connectivity index (χ1) is 8.80. The van der Waals surface area contributed by atoms with E-state index in [9.17, 15) is 22.8 Å². The summed E-state index contributed by atoms with van der Waals surface area (Å²) in [6, 6.07) is 2.77. The van der Waals surface area contributed by atoms with Gasteiger partial charge >= 0.3 is 18.1 Å². The highest BCUT2D eigenvalue weighted by Gasteiger charge is 2.38. The average molecular weight is 297 g/mol. The van der Waals surface area contributed by atoms with Crippen molar-refractivity contribution in [1.82, 2.24) is 5.32 Å². The fourth-order valence-electron chi connectivity index (χ4n) is 1.08. The van der Waals surface area contributed by atoms with Crippen LogP contribution in [-0.2, 0) is 10.5 Å². The maximum absolute atomic E-state index is 11.8. The van der Waals surface area contributed by atoms with Crippen LogP contribution in [0.3, 0.4) is 0 Å². The molecule has 0 aliphatic carbocycles.